The molecule has 47 heavy (non-hydrogen) atoms. The van der Waals surface area contributed by atoms with E-state index in [2.05, 4.69) is 39.8 Å². The van der Waals surface area contributed by atoms with Gasteiger partial charge in [-0.3, -0.25) is 4.79 Å². The first-order chi connectivity index (χ1) is 22.8. The number of rotatable bonds is 10. The number of aliphatic hydroxyl groups excluding tert-OH is 1. The van der Waals surface area contributed by atoms with Gasteiger partial charge in [0.25, 0.3) is 5.91 Å². The maximum Gasteiger partial charge on any atom is 0.252 e. The number of carbonyl (C=O) groups excluding carboxylic acids is 1. The largest absolute Gasteiger partial charge is 0.485 e. The Hall–Kier alpha value is -2.49. The molecule has 3 N–H and O–H groups in total. The van der Waals surface area contributed by atoms with E-state index in [0.717, 1.165) is 72.3 Å². The standard InChI is InChI=1S/C36H38Cl4N4O3/c37-29-3-1-2-23(34(29)40)19-44(26-8-9-26)36(46)33-28(16-24-17-41-18-32(33)42-24)22-4-6-25(7-5-22)43-12-10-27(20-43)47-35-30(38)14-21(11-13-45)15-31(35)39/h1-7,14-15,24,26-27,32,41-42,45H,8-13,16-20H2/t24-,27+,32-/m0/s1. The van der Waals surface area contributed by atoms with Crippen molar-refractivity contribution in [3.05, 3.63) is 97.0 Å². The van der Waals surface area contributed by atoms with Crippen molar-refractivity contribution < 1.29 is 14.6 Å². The topological polar surface area (TPSA) is 77.1 Å². The van der Waals surface area contributed by atoms with Crippen molar-refractivity contribution >= 4 is 63.6 Å². The van der Waals surface area contributed by atoms with Crippen molar-refractivity contribution in [3.8, 4) is 5.75 Å². The van der Waals surface area contributed by atoms with Crippen LogP contribution in [0.4, 0.5) is 5.69 Å². The molecule has 0 unspecified atom stereocenters. The van der Waals surface area contributed by atoms with Gasteiger partial charge in [0, 0.05) is 62.6 Å². The highest BCUT2D eigenvalue weighted by Gasteiger charge is 2.41. The first-order valence-electron chi connectivity index (χ1n) is 16.3. The van der Waals surface area contributed by atoms with E-state index >= 15 is 0 Å². The highest BCUT2D eigenvalue weighted by atomic mass is 35.5. The minimum Gasteiger partial charge on any atom is -0.485 e. The third-order valence-electron chi connectivity index (χ3n) is 9.62. The number of nitrogens with zero attached hydrogens (tertiary/aromatic N) is 2. The van der Waals surface area contributed by atoms with Crippen LogP contribution in [0.5, 0.6) is 5.75 Å². The Morgan fingerprint density at radius 1 is 0.979 bits per heavy atom. The molecule has 0 aromatic heterocycles. The minimum atomic E-state index is -0.0615. The van der Waals surface area contributed by atoms with Gasteiger partial charge in [-0.15, -0.1) is 0 Å². The second kappa shape index (κ2) is 14.2. The summed E-state index contributed by atoms with van der Waals surface area (Å²) in [4.78, 5) is 18.8. The van der Waals surface area contributed by atoms with E-state index in [-0.39, 0.29) is 36.7 Å². The van der Waals surface area contributed by atoms with Crippen molar-refractivity contribution in [1.29, 1.82) is 0 Å². The van der Waals surface area contributed by atoms with Crippen molar-refractivity contribution in [2.24, 2.45) is 0 Å². The third kappa shape index (κ3) is 7.13. The molecule has 2 bridgehead atoms. The number of anilines is 1. The van der Waals surface area contributed by atoms with Crippen LogP contribution in [-0.2, 0) is 17.8 Å². The molecule has 3 aromatic carbocycles. The van der Waals surface area contributed by atoms with Crippen LogP contribution in [0, 0.1) is 0 Å². The molecule has 1 saturated carbocycles. The van der Waals surface area contributed by atoms with Crippen molar-refractivity contribution in [1.82, 2.24) is 15.5 Å². The van der Waals surface area contributed by atoms with Gasteiger partial charge in [-0.2, -0.15) is 0 Å². The number of benzene rings is 3. The van der Waals surface area contributed by atoms with Crippen molar-refractivity contribution in [2.75, 3.05) is 37.7 Å². The molecule has 1 amide bonds. The van der Waals surface area contributed by atoms with E-state index in [1.807, 2.05) is 17.0 Å². The maximum atomic E-state index is 14.5. The van der Waals surface area contributed by atoms with Crippen LogP contribution >= 0.6 is 46.4 Å². The number of carbonyl (C=O) groups is 1. The van der Waals surface area contributed by atoms with Gasteiger partial charge in [0.05, 0.1) is 32.7 Å². The summed E-state index contributed by atoms with van der Waals surface area (Å²) in [5.41, 5.74) is 5.90. The molecule has 11 heteroatoms. The molecule has 0 radical (unpaired) electrons. The number of piperazine rings is 1. The van der Waals surface area contributed by atoms with E-state index < -0.39 is 0 Å². The zero-order valence-electron chi connectivity index (χ0n) is 26.0. The van der Waals surface area contributed by atoms with Gasteiger partial charge in [-0.25, -0.2) is 0 Å². The van der Waals surface area contributed by atoms with Gasteiger partial charge in [0.1, 0.15) is 6.10 Å². The average molecular weight is 717 g/mol. The molecule has 3 fully saturated rings. The molecule has 248 valence electrons. The Kier molecular flexibility index (Phi) is 9.95. The number of ether oxygens (including phenoxy) is 1. The predicted octanol–water partition coefficient (Wildman–Crippen LogP) is 6.77. The number of nitrogens with one attached hydrogen (secondary N) is 2. The van der Waals surface area contributed by atoms with Crippen LogP contribution in [0.3, 0.4) is 0 Å². The third-order valence-corrected chi connectivity index (χ3v) is 11.0. The highest BCUT2D eigenvalue weighted by Crippen LogP contribution is 2.39. The fourth-order valence-corrected chi connectivity index (χ4v) is 8.10. The lowest BCUT2D eigenvalue weighted by atomic mass is 9.83. The number of fused-ring (bicyclic) bond motifs is 2. The Morgan fingerprint density at radius 3 is 2.47 bits per heavy atom. The molecule has 3 atom stereocenters. The summed E-state index contributed by atoms with van der Waals surface area (Å²) in [5, 5.41) is 18.4. The Labute approximate surface area is 295 Å². The fourth-order valence-electron chi connectivity index (χ4n) is 7.10. The summed E-state index contributed by atoms with van der Waals surface area (Å²) in [6.07, 6.45) is 4.04. The molecule has 3 aliphatic heterocycles. The number of amides is 1. The van der Waals surface area contributed by atoms with Gasteiger partial charge < -0.3 is 30.3 Å². The molecule has 7 rings (SSSR count). The number of hydrogen-bond donors (Lipinski definition) is 3. The first-order valence-corrected chi connectivity index (χ1v) is 17.8. The van der Waals surface area contributed by atoms with Crippen LogP contribution < -0.4 is 20.3 Å². The van der Waals surface area contributed by atoms with E-state index in [0.29, 0.717) is 51.9 Å². The Balaban J connectivity index is 1.11. The minimum absolute atomic E-state index is 0.0333. The lowest BCUT2D eigenvalue weighted by Crippen LogP contribution is -2.60. The summed E-state index contributed by atoms with van der Waals surface area (Å²) in [6, 6.07) is 18.3. The number of aliphatic hydroxyl groups is 1. The second-order valence-electron chi connectivity index (χ2n) is 12.9. The summed E-state index contributed by atoms with van der Waals surface area (Å²) in [5.74, 6) is 0.564. The summed E-state index contributed by atoms with van der Waals surface area (Å²) >= 11 is 25.9. The summed E-state index contributed by atoms with van der Waals surface area (Å²) < 4.78 is 6.28. The Bertz CT molecular complexity index is 1660. The SMILES string of the molecule is O=C(C1=C(c2ccc(N3CC[C@@H](Oc4c(Cl)cc(CCO)cc4Cl)C3)cc2)C[C@H]2CNC[C@@H]1N2)N(Cc1cccc(Cl)c1Cl)C1CC1. The fraction of sp³-hybridized carbons (Fsp3) is 0.417. The van der Waals surface area contributed by atoms with Crippen LogP contribution in [0.2, 0.25) is 20.1 Å². The van der Waals surface area contributed by atoms with Gasteiger partial charge in [0.2, 0.25) is 0 Å². The summed E-state index contributed by atoms with van der Waals surface area (Å²) in [7, 11) is 0. The lowest BCUT2D eigenvalue weighted by molar-refractivity contribution is -0.128. The number of hydrogen-bond acceptors (Lipinski definition) is 6. The highest BCUT2D eigenvalue weighted by molar-refractivity contribution is 6.42. The van der Waals surface area contributed by atoms with Gasteiger partial charge in [-0.1, -0.05) is 70.7 Å². The van der Waals surface area contributed by atoms with Gasteiger partial charge >= 0.3 is 0 Å². The van der Waals surface area contributed by atoms with E-state index in [4.69, 9.17) is 51.1 Å². The van der Waals surface area contributed by atoms with Gasteiger partial charge in [-0.05, 0) is 78.3 Å². The normalized spacial score (nSPS) is 22.5. The molecular weight excluding hydrogens is 678 g/mol. The van der Waals surface area contributed by atoms with Gasteiger partial charge in [0.15, 0.2) is 5.75 Å². The smallest absolute Gasteiger partial charge is 0.252 e. The second-order valence-corrected chi connectivity index (χ2v) is 14.5. The van der Waals surface area contributed by atoms with E-state index in [1.165, 1.54) is 0 Å². The monoisotopic (exact) mass is 714 g/mol. The lowest BCUT2D eigenvalue weighted by Gasteiger charge is -2.41. The average Bonchev–Trinajstić information content (AvgIpc) is 3.80. The summed E-state index contributed by atoms with van der Waals surface area (Å²) in [6.45, 7) is 3.60. The molecular formula is C36H38Cl4N4O3. The molecule has 3 aromatic rings. The van der Waals surface area contributed by atoms with Crippen LogP contribution in [0.1, 0.15) is 42.4 Å². The van der Waals surface area contributed by atoms with E-state index in [1.54, 1.807) is 18.2 Å². The van der Waals surface area contributed by atoms with Crippen molar-refractivity contribution in [2.45, 2.75) is 62.9 Å². The van der Waals surface area contributed by atoms with Crippen LogP contribution in [0.15, 0.2) is 60.2 Å². The van der Waals surface area contributed by atoms with Crippen LogP contribution in [0.25, 0.3) is 5.57 Å². The molecule has 1 aliphatic carbocycles. The molecule has 4 aliphatic rings. The quantitative estimate of drug-likeness (QED) is 0.215. The molecule has 2 saturated heterocycles. The Morgan fingerprint density at radius 2 is 1.74 bits per heavy atom. The van der Waals surface area contributed by atoms with Crippen LogP contribution in [-0.4, -0.2) is 72.9 Å². The zero-order chi connectivity index (χ0) is 32.7. The van der Waals surface area contributed by atoms with E-state index in [9.17, 15) is 9.90 Å². The molecule has 0 spiro atoms. The van der Waals surface area contributed by atoms with Crippen molar-refractivity contribution in [3.63, 3.8) is 0 Å². The zero-order valence-corrected chi connectivity index (χ0v) is 29.0. The maximum absolute atomic E-state index is 14.5. The first kappa shape index (κ1) is 33.0. The molecule has 7 nitrogen and oxygen atoms in total. The number of halogens is 4. The molecule has 3 heterocycles. The predicted molar refractivity (Wildman–Crippen MR) is 190 cm³/mol.